The second-order valence-electron chi connectivity index (χ2n) is 4.88. The van der Waals surface area contributed by atoms with Crippen molar-refractivity contribution >= 4 is 0 Å². The largest absolute Gasteiger partial charge is 0.467 e. The molecule has 0 radical (unpaired) electrons. The predicted molar refractivity (Wildman–Crippen MR) is 67.9 cm³/mol. The van der Waals surface area contributed by atoms with Crippen LogP contribution >= 0.6 is 0 Å². The van der Waals surface area contributed by atoms with E-state index in [1.54, 1.807) is 6.26 Å². The van der Waals surface area contributed by atoms with Gasteiger partial charge < -0.3 is 14.5 Å². The van der Waals surface area contributed by atoms with Crippen LogP contribution in [0.1, 0.15) is 45.5 Å². The number of furan rings is 1. The monoisotopic (exact) mass is 237 g/mol. The fraction of sp³-hybridized carbons (Fsp3) is 0.714. The number of ether oxygens (including phenoxy) is 1. The van der Waals surface area contributed by atoms with Gasteiger partial charge in [0.2, 0.25) is 0 Å². The smallest absolute Gasteiger partial charge is 0.134 e. The minimum absolute atomic E-state index is 0.0457. The van der Waals surface area contributed by atoms with E-state index in [-0.39, 0.29) is 6.10 Å². The maximum absolute atomic E-state index is 6.23. The highest BCUT2D eigenvalue weighted by atomic mass is 16.5. The van der Waals surface area contributed by atoms with E-state index in [1.807, 2.05) is 12.1 Å². The standard InChI is InChI=1S/C14H23NO2/c1-4-11(5-2)13-9-15-10(3)14(17-13)12-7-6-8-16-12/h6-8,10-11,13-15H,4-5,9H2,1-3H3. The third kappa shape index (κ3) is 2.72. The molecule has 0 saturated carbocycles. The van der Waals surface area contributed by atoms with Gasteiger partial charge in [-0.1, -0.05) is 26.7 Å². The predicted octanol–water partition coefficient (Wildman–Crippen LogP) is 3.13. The molecule has 1 aliphatic rings. The molecule has 0 bridgehead atoms. The zero-order valence-electron chi connectivity index (χ0n) is 11.0. The highest BCUT2D eigenvalue weighted by Gasteiger charge is 2.33. The summed E-state index contributed by atoms with van der Waals surface area (Å²) in [5.41, 5.74) is 0. The van der Waals surface area contributed by atoms with Crippen molar-refractivity contribution in [2.24, 2.45) is 5.92 Å². The van der Waals surface area contributed by atoms with Gasteiger partial charge in [0, 0.05) is 12.6 Å². The fourth-order valence-corrected chi connectivity index (χ4v) is 2.62. The number of hydrogen-bond acceptors (Lipinski definition) is 3. The Bertz CT molecular complexity index is 319. The number of hydrogen-bond donors (Lipinski definition) is 1. The van der Waals surface area contributed by atoms with E-state index in [1.165, 1.54) is 12.8 Å². The van der Waals surface area contributed by atoms with E-state index in [9.17, 15) is 0 Å². The summed E-state index contributed by atoms with van der Waals surface area (Å²) in [6.07, 6.45) is 4.40. The van der Waals surface area contributed by atoms with Crippen molar-refractivity contribution in [1.82, 2.24) is 5.32 Å². The average molecular weight is 237 g/mol. The lowest BCUT2D eigenvalue weighted by atomic mass is 9.94. The van der Waals surface area contributed by atoms with Crippen molar-refractivity contribution in [1.29, 1.82) is 0 Å². The summed E-state index contributed by atoms with van der Waals surface area (Å²) in [6, 6.07) is 4.23. The molecule has 2 heterocycles. The molecule has 1 aliphatic heterocycles. The first-order chi connectivity index (χ1) is 8.26. The van der Waals surface area contributed by atoms with Crippen molar-refractivity contribution < 1.29 is 9.15 Å². The minimum atomic E-state index is 0.0457. The third-order valence-corrected chi connectivity index (χ3v) is 3.81. The molecule has 3 unspecified atom stereocenters. The van der Waals surface area contributed by atoms with Crippen LogP contribution in [-0.2, 0) is 4.74 Å². The maximum atomic E-state index is 6.23. The van der Waals surface area contributed by atoms with E-state index < -0.39 is 0 Å². The Morgan fingerprint density at radius 3 is 2.76 bits per heavy atom. The molecule has 3 nitrogen and oxygen atoms in total. The molecule has 1 aromatic heterocycles. The van der Waals surface area contributed by atoms with Gasteiger partial charge in [-0.15, -0.1) is 0 Å². The van der Waals surface area contributed by atoms with Crippen LogP contribution in [0.5, 0.6) is 0 Å². The number of rotatable bonds is 4. The van der Waals surface area contributed by atoms with Crippen molar-refractivity contribution in [2.75, 3.05) is 6.54 Å². The Labute approximate surface area is 104 Å². The molecule has 1 fully saturated rings. The lowest BCUT2D eigenvalue weighted by Gasteiger charge is -2.38. The Morgan fingerprint density at radius 1 is 1.41 bits per heavy atom. The van der Waals surface area contributed by atoms with Gasteiger partial charge in [0.25, 0.3) is 0 Å². The summed E-state index contributed by atoms with van der Waals surface area (Å²) >= 11 is 0. The van der Waals surface area contributed by atoms with Crippen molar-refractivity contribution in [2.45, 2.75) is 51.9 Å². The SMILES string of the molecule is CCC(CC)C1CNC(C)C(c2ccco2)O1. The maximum Gasteiger partial charge on any atom is 0.134 e. The Kier molecular flexibility index (Phi) is 4.24. The Morgan fingerprint density at radius 2 is 2.18 bits per heavy atom. The lowest BCUT2D eigenvalue weighted by Crippen LogP contribution is -2.49. The van der Waals surface area contributed by atoms with Crippen LogP contribution in [0.3, 0.4) is 0 Å². The Balaban J connectivity index is 2.06. The molecule has 1 aromatic rings. The average Bonchev–Trinajstić information content (AvgIpc) is 2.86. The van der Waals surface area contributed by atoms with E-state index >= 15 is 0 Å². The van der Waals surface area contributed by atoms with Gasteiger partial charge in [-0.3, -0.25) is 0 Å². The number of morpholine rings is 1. The first kappa shape index (κ1) is 12.7. The van der Waals surface area contributed by atoms with Gasteiger partial charge >= 0.3 is 0 Å². The highest BCUT2D eigenvalue weighted by molar-refractivity contribution is 5.06. The molecule has 3 heteroatoms. The molecule has 1 N–H and O–H groups in total. The van der Waals surface area contributed by atoms with Crippen LogP contribution in [0.15, 0.2) is 22.8 Å². The summed E-state index contributed by atoms with van der Waals surface area (Å²) in [4.78, 5) is 0. The molecule has 1 saturated heterocycles. The van der Waals surface area contributed by atoms with Crippen LogP contribution in [0.2, 0.25) is 0 Å². The van der Waals surface area contributed by atoms with Crippen LogP contribution < -0.4 is 5.32 Å². The van der Waals surface area contributed by atoms with Crippen molar-refractivity contribution in [3.63, 3.8) is 0 Å². The summed E-state index contributed by atoms with van der Waals surface area (Å²) in [5.74, 6) is 1.56. The van der Waals surface area contributed by atoms with Gasteiger partial charge in [0.15, 0.2) is 0 Å². The second-order valence-corrected chi connectivity index (χ2v) is 4.88. The topological polar surface area (TPSA) is 34.4 Å². The molecule has 0 aromatic carbocycles. The van der Waals surface area contributed by atoms with E-state index in [2.05, 4.69) is 26.1 Å². The lowest BCUT2D eigenvalue weighted by molar-refractivity contribution is -0.0960. The van der Waals surface area contributed by atoms with Crippen LogP contribution in [0, 0.1) is 5.92 Å². The molecule has 0 amide bonds. The van der Waals surface area contributed by atoms with Crippen molar-refractivity contribution in [3.05, 3.63) is 24.2 Å². The van der Waals surface area contributed by atoms with E-state index in [0.717, 1.165) is 12.3 Å². The second kappa shape index (κ2) is 5.69. The van der Waals surface area contributed by atoms with Crippen LogP contribution in [-0.4, -0.2) is 18.7 Å². The molecule has 17 heavy (non-hydrogen) atoms. The number of nitrogens with one attached hydrogen (secondary N) is 1. The summed E-state index contributed by atoms with van der Waals surface area (Å²) in [5, 5.41) is 3.53. The van der Waals surface area contributed by atoms with E-state index in [4.69, 9.17) is 9.15 Å². The summed E-state index contributed by atoms with van der Waals surface area (Å²) < 4.78 is 11.7. The van der Waals surface area contributed by atoms with Crippen molar-refractivity contribution in [3.8, 4) is 0 Å². The first-order valence-corrected chi connectivity index (χ1v) is 6.68. The zero-order valence-corrected chi connectivity index (χ0v) is 11.0. The molecule has 2 rings (SSSR count). The minimum Gasteiger partial charge on any atom is -0.467 e. The molecular formula is C14H23NO2. The third-order valence-electron chi connectivity index (χ3n) is 3.81. The van der Waals surface area contributed by atoms with Crippen LogP contribution in [0.25, 0.3) is 0 Å². The molecule has 96 valence electrons. The van der Waals surface area contributed by atoms with E-state index in [0.29, 0.717) is 18.1 Å². The van der Waals surface area contributed by atoms with Gasteiger partial charge in [0.1, 0.15) is 11.9 Å². The van der Waals surface area contributed by atoms with Crippen LogP contribution in [0.4, 0.5) is 0 Å². The normalized spacial score (nSPS) is 29.8. The fourth-order valence-electron chi connectivity index (χ4n) is 2.62. The Hall–Kier alpha value is -0.800. The zero-order chi connectivity index (χ0) is 12.3. The molecule has 0 aliphatic carbocycles. The molecule has 0 spiro atoms. The van der Waals surface area contributed by atoms with Gasteiger partial charge in [0.05, 0.1) is 12.4 Å². The van der Waals surface area contributed by atoms with Gasteiger partial charge in [-0.05, 0) is 25.0 Å². The first-order valence-electron chi connectivity index (χ1n) is 6.68. The summed E-state index contributed by atoms with van der Waals surface area (Å²) in [7, 11) is 0. The molecular weight excluding hydrogens is 214 g/mol. The summed E-state index contributed by atoms with van der Waals surface area (Å²) in [6.45, 7) is 7.57. The molecule has 3 atom stereocenters. The quantitative estimate of drug-likeness (QED) is 0.873. The van der Waals surface area contributed by atoms with Gasteiger partial charge in [-0.2, -0.15) is 0 Å². The van der Waals surface area contributed by atoms with Gasteiger partial charge in [-0.25, -0.2) is 0 Å². The highest BCUT2D eigenvalue weighted by Crippen LogP contribution is 2.30.